The zero-order chi connectivity index (χ0) is 12.9. The Morgan fingerprint density at radius 2 is 1.82 bits per heavy atom. The molecule has 3 N–H and O–H groups in total. The molecule has 17 heavy (non-hydrogen) atoms. The van der Waals surface area contributed by atoms with Crippen molar-refractivity contribution in [1.29, 1.82) is 0 Å². The van der Waals surface area contributed by atoms with E-state index in [-0.39, 0.29) is 17.6 Å². The fraction of sp³-hybridized carbons (Fsp3) is 0.923. The maximum atomic E-state index is 11.6. The second-order valence-corrected chi connectivity index (χ2v) is 6.08. The third-order valence-corrected chi connectivity index (χ3v) is 3.18. The van der Waals surface area contributed by atoms with Crippen LogP contribution in [0.2, 0.25) is 0 Å². The summed E-state index contributed by atoms with van der Waals surface area (Å²) in [4.78, 5) is 11.6. The maximum absolute atomic E-state index is 11.6. The minimum atomic E-state index is -0.121. The highest BCUT2D eigenvalue weighted by Crippen LogP contribution is 2.23. The van der Waals surface area contributed by atoms with Crippen molar-refractivity contribution in [2.75, 3.05) is 13.1 Å². The van der Waals surface area contributed by atoms with Crippen molar-refractivity contribution in [3.8, 4) is 0 Å². The van der Waals surface area contributed by atoms with E-state index in [0.29, 0.717) is 12.5 Å². The van der Waals surface area contributed by atoms with Crippen molar-refractivity contribution in [3.05, 3.63) is 0 Å². The summed E-state index contributed by atoms with van der Waals surface area (Å²) in [5, 5.41) is 15.5. The van der Waals surface area contributed by atoms with E-state index in [4.69, 9.17) is 0 Å². The highest BCUT2D eigenvalue weighted by Gasteiger charge is 2.19. The number of hydrogen-bond donors (Lipinski definition) is 3. The molecule has 4 nitrogen and oxygen atoms in total. The summed E-state index contributed by atoms with van der Waals surface area (Å²) in [6.07, 6.45) is 3.67. The number of amides is 1. The summed E-state index contributed by atoms with van der Waals surface area (Å²) >= 11 is 0. The molecular formula is C13H26N2O2. The largest absolute Gasteiger partial charge is 0.393 e. The molecule has 100 valence electrons. The fourth-order valence-electron chi connectivity index (χ4n) is 2.02. The minimum Gasteiger partial charge on any atom is -0.393 e. The lowest BCUT2D eigenvalue weighted by Gasteiger charge is -2.26. The van der Waals surface area contributed by atoms with Crippen LogP contribution in [-0.4, -0.2) is 35.7 Å². The van der Waals surface area contributed by atoms with E-state index < -0.39 is 0 Å². The van der Waals surface area contributed by atoms with Gasteiger partial charge in [0.2, 0.25) is 5.91 Å². The van der Waals surface area contributed by atoms with Gasteiger partial charge in [0.05, 0.1) is 12.6 Å². The zero-order valence-electron chi connectivity index (χ0n) is 11.3. The molecule has 0 spiro atoms. The van der Waals surface area contributed by atoms with Crippen molar-refractivity contribution in [2.24, 2.45) is 5.92 Å². The van der Waals surface area contributed by atoms with Crippen LogP contribution in [0.4, 0.5) is 0 Å². The predicted molar refractivity (Wildman–Crippen MR) is 68.7 cm³/mol. The van der Waals surface area contributed by atoms with Gasteiger partial charge in [-0.2, -0.15) is 0 Å². The highest BCUT2D eigenvalue weighted by molar-refractivity contribution is 5.78. The lowest BCUT2D eigenvalue weighted by atomic mass is 9.87. The van der Waals surface area contributed by atoms with Gasteiger partial charge < -0.3 is 15.7 Å². The number of nitrogens with one attached hydrogen (secondary N) is 2. The summed E-state index contributed by atoms with van der Waals surface area (Å²) in [6, 6.07) is 0. The molecule has 0 aromatic carbocycles. The van der Waals surface area contributed by atoms with E-state index in [0.717, 1.165) is 32.2 Å². The van der Waals surface area contributed by atoms with Crippen molar-refractivity contribution in [2.45, 2.75) is 58.1 Å². The first-order valence-corrected chi connectivity index (χ1v) is 6.56. The van der Waals surface area contributed by atoms with Crippen LogP contribution in [0.1, 0.15) is 46.5 Å². The molecule has 1 saturated carbocycles. The molecule has 1 amide bonds. The molecule has 1 aliphatic carbocycles. The molecule has 0 aliphatic heterocycles. The van der Waals surface area contributed by atoms with Crippen LogP contribution >= 0.6 is 0 Å². The van der Waals surface area contributed by atoms with Crippen molar-refractivity contribution >= 4 is 5.91 Å². The molecule has 1 fully saturated rings. The predicted octanol–water partition coefficient (Wildman–Crippen LogP) is 1.04. The third-order valence-electron chi connectivity index (χ3n) is 3.18. The number of rotatable bonds is 4. The van der Waals surface area contributed by atoms with Gasteiger partial charge in [0.1, 0.15) is 0 Å². The van der Waals surface area contributed by atoms with Crippen molar-refractivity contribution in [1.82, 2.24) is 10.6 Å². The Balaban J connectivity index is 2.11. The lowest BCUT2D eigenvalue weighted by molar-refractivity contribution is -0.120. The van der Waals surface area contributed by atoms with Crippen LogP contribution in [0, 0.1) is 5.92 Å². The smallest absolute Gasteiger partial charge is 0.233 e. The Bertz CT molecular complexity index is 240. The number of carbonyl (C=O) groups is 1. The van der Waals surface area contributed by atoms with E-state index in [1.165, 1.54) is 0 Å². The van der Waals surface area contributed by atoms with E-state index in [1.54, 1.807) is 0 Å². The van der Waals surface area contributed by atoms with Crippen LogP contribution in [-0.2, 0) is 4.79 Å². The summed E-state index contributed by atoms with van der Waals surface area (Å²) in [5.74, 6) is 0.600. The van der Waals surface area contributed by atoms with Gasteiger partial charge in [0.25, 0.3) is 0 Å². The molecule has 1 aliphatic rings. The van der Waals surface area contributed by atoms with Gasteiger partial charge in [-0.15, -0.1) is 0 Å². The Morgan fingerprint density at radius 3 is 2.35 bits per heavy atom. The highest BCUT2D eigenvalue weighted by atomic mass is 16.3. The van der Waals surface area contributed by atoms with Gasteiger partial charge in [-0.1, -0.05) is 0 Å². The average Bonchev–Trinajstić information content (AvgIpc) is 2.25. The number of carbonyl (C=O) groups excluding carboxylic acids is 1. The van der Waals surface area contributed by atoms with Crippen molar-refractivity contribution < 1.29 is 9.90 Å². The van der Waals surface area contributed by atoms with Crippen LogP contribution < -0.4 is 10.6 Å². The van der Waals surface area contributed by atoms with E-state index in [1.807, 2.05) is 20.8 Å². The summed E-state index contributed by atoms with van der Waals surface area (Å²) in [6.45, 7) is 7.25. The molecule has 0 radical (unpaired) electrons. The lowest BCUT2D eigenvalue weighted by Crippen LogP contribution is -2.44. The normalized spacial score (nSPS) is 25.6. The van der Waals surface area contributed by atoms with Crippen molar-refractivity contribution in [3.63, 3.8) is 0 Å². The quantitative estimate of drug-likeness (QED) is 0.690. The summed E-state index contributed by atoms with van der Waals surface area (Å²) in [5.41, 5.74) is -0.0215. The van der Waals surface area contributed by atoms with E-state index >= 15 is 0 Å². The van der Waals surface area contributed by atoms with Gasteiger partial charge in [-0.25, -0.2) is 0 Å². The van der Waals surface area contributed by atoms with Gasteiger partial charge in [-0.3, -0.25) is 4.79 Å². The Hall–Kier alpha value is -0.610. The molecule has 0 saturated heterocycles. The molecule has 1 rings (SSSR count). The Morgan fingerprint density at radius 1 is 1.24 bits per heavy atom. The van der Waals surface area contributed by atoms with Gasteiger partial charge in [0, 0.05) is 12.1 Å². The molecule has 0 aromatic rings. The second-order valence-electron chi connectivity index (χ2n) is 6.08. The molecule has 0 atom stereocenters. The van der Waals surface area contributed by atoms with E-state index in [2.05, 4.69) is 10.6 Å². The first-order chi connectivity index (χ1) is 7.87. The molecule has 4 heteroatoms. The standard InChI is InChI=1S/C13H26N2O2/c1-13(2,3)15-9-12(17)14-8-10-4-6-11(16)7-5-10/h10-11,15-16H,4-9H2,1-3H3,(H,14,17). The SMILES string of the molecule is CC(C)(C)NCC(=O)NCC1CCC(O)CC1. The monoisotopic (exact) mass is 242 g/mol. The first-order valence-electron chi connectivity index (χ1n) is 6.56. The number of hydrogen-bond acceptors (Lipinski definition) is 3. The minimum absolute atomic E-state index is 0.0215. The average molecular weight is 242 g/mol. The van der Waals surface area contributed by atoms with Gasteiger partial charge in [-0.05, 0) is 52.4 Å². The molecule has 0 bridgehead atoms. The zero-order valence-corrected chi connectivity index (χ0v) is 11.3. The maximum Gasteiger partial charge on any atom is 0.233 e. The van der Waals surface area contributed by atoms with Crippen LogP contribution in [0.5, 0.6) is 0 Å². The number of aliphatic hydroxyl groups is 1. The molecule has 0 heterocycles. The van der Waals surface area contributed by atoms with Gasteiger partial charge >= 0.3 is 0 Å². The third kappa shape index (κ3) is 6.64. The molecule has 0 aromatic heterocycles. The second kappa shape index (κ2) is 6.36. The first kappa shape index (κ1) is 14.5. The van der Waals surface area contributed by atoms with Gasteiger partial charge in [0.15, 0.2) is 0 Å². The summed E-state index contributed by atoms with van der Waals surface area (Å²) in [7, 11) is 0. The Kier molecular flexibility index (Phi) is 5.40. The molecule has 0 unspecified atom stereocenters. The number of aliphatic hydroxyl groups excluding tert-OH is 1. The topological polar surface area (TPSA) is 61.4 Å². The Labute approximate surface area is 104 Å². The fourth-order valence-corrected chi connectivity index (χ4v) is 2.02. The van der Waals surface area contributed by atoms with Crippen LogP contribution in [0.3, 0.4) is 0 Å². The summed E-state index contributed by atoms with van der Waals surface area (Å²) < 4.78 is 0. The van der Waals surface area contributed by atoms with Crippen LogP contribution in [0.15, 0.2) is 0 Å². The molecular weight excluding hydrogens is 216 g/mol. The van der Waals surface area contributed by atoms with E-state index in [9.17, 15) is 9.90 Å². The van der Waals surface area contributed by atoms with Crippen LogP contribution in [0.25, 0.3) is 0 Å².